The van der Waals surface area contributed by atoms with Crippen LogP contribution >= 0.6 is 23.2 Å². The molecule has 0 N–H and O–H groups in total. The van der Waals surface area contributed by atoms with E-state index in [4.69, 9.17) is 23.2 Å². The Hall–Kier alpha value is -1.36. The predicted octanol–water partition coefficient (Wildman–Crippen LogP) is 3.11. The molecule has 0 amide bonds. The van der Waals surface area contributed by atoms with Crippen LogP contribution in [0, 0.1) is 0 Å². The van der Waals surface area contributed by atoms with E-state index in [1.807, 2.05) is 24.3 Å². The van der Waals surface area contributed by atoms with Crippen LogP contribution in [0.25, 0.3) is 0 Å². The van der Waals surface area contributed by atoms with Crippen LogP contribution in [-0.2, 0) is 6.54 Å². The molecule has 21 heavy (non-hydrogen) atoms. The summed E-state index contributed by atoms with van der Waals surface area (Å²) in [6.45, 7) is 4.78. The van der Waals surface area contributed by atoms with Crippen LogP contribution in [0.15, 0.2) is 36.4 Å². The van der Waals surface area contributed by atoms with Crippen molar-refractivity contribution in [3.05, 3.63) is 52.3 Å². The van der Waals surface area contributed by atoms with Crippen molar-refractivity contribution in [2.45, 2.75) is 6.54 Å². The molecule has 3 rings (SSSR count). The number of nitrogens with zero attached hydrogens (tertiary/aromatic N) is 4. The van der Waals surface area contributed by atoms with Gasteiger partial charge in [0.2, 0.25) is 0 Å². The highest BCUT2D eigenvalue weighted by molar-refractivity contribution is 6.30. The second-order valence-electron chi connectivity index (χ2n) is 5.09. The van der Waals surface area contributed by atoms with Gasteiger partial charge in [-0.25, -0.2) is 0 Å². The van der Waals surface area contributed by atoms with E-state index in [0.717, 1.165) is 43.4 Å². The Kier molecular flexibility index (Phi) is 4.58. The van der Waals surface area contributed by atoms with E-state index in [1.54, 1.807) is 6.07 Å². The zero-order chi connectivity index (χ0) is 14.7. The van der Waals surface area contributed by atoms with Gasteiger partial charge in [0, 0.05) is 43.4 Å². The van der Waals surface area contributed by atoms with Crippen LogP contribution in [0.1, 0.15) is 5.69 Å². The molecular formula is C15H16Cl2N4. The molecule has 6 heteroatoms. The summed E-state index contributed by atoms with van der Waals surface area (Å²) in [6.07, 6.45) is 0. The van der Waals surface area contributed by atoms with Gasteiger partial charge in [-0.05, 0) is 30.3 Å². The molecule has 1 saturated heterocycles. The molecule has 0 bridgehead atoms. The number of benzene rings is 1. The Morgan fingerprint density at radius 2 is 1.76 bits per heavy atom. The molecule has 110 valence electrons. The molecule has 4 nitrogen and oxygen atoms in total. The first kappa shape index (κ1) is 14.6. The van der Waals surface area contributed by atoms with Crippen molar-refractivity contribution < 1.29 is 0 Å². The first-order chi connectivity index (χ1) is 10.2. The first-order valence-corrected chi connectivity index (χ1v) is 7.67. The SMILES string of the molecule is Clc1cccc(N2CCN(Cc3ccc(Cl)nn3)CC2)c1. The number of halogens is 2. The average molecular weight is 323 g/mol. The Bertz CT molecular complexity index is 595. The standard InChI is InChI=1S/C15H16Cl2N4/c16-12-2-1-3-14(10-12)21-8-6-20(7-9-21)11-13-4-5-15(17)19-18-13/h1-5,10H,6-9,11H2. The van der Waals surface area contributed by atoms with Crippen LogP contribution in [0.2, 0.25) is 10.2 Å². The first-order valence-electron chi connectivity index (χ1n) is 6.92. The lowest BCUT2D eigenvalue weighted by molar-refractivity contribution is 0.246. The zero-order valence-electron chi connectivity index (χ0n) is 11.5. The maximum absolute atomic E-state index is 6.05. The molecular weight excluding hydrogens is 307 g/mol. The molecule has 0 saturated carbocycles. The van der Waals surface area contributed by atoms with Crippen molar-refractivity contribution in [2.24, 2.45) is 0 Å². The van der Waals surface area contributed by atoms with Gasteiger partial charge >= 0.3 is 0 Å². The van der Waals surface area contributed by atoms with Gasteiger partial charge in [-0.1, -0.05) is 29.3 Å². The van der Waals surface area contributed by atoms with E-state index in [0.29, 0.717) is 5.15 Å². The lowest BCUT2D eigenvalue weighted by atomic mass is 10.2. The van der Waals surface area contributed by atoms with E-state index in [1.165, 1.54) is 5.69 Å². The average Bonchev–Trinajstić information content (AvgIpc) is 2.50. The molecule has 0 atom stereocenters. The normalized spacial score (nSPS) is 16.2. The lowest BCUT2D eigenvalue weighted by Crippen LogP contribution is -2.46. The summed E-state index contributed by atoms with van der Waals surface area (Å²) in [7, 11) is 0. The van der Waals surface area contributed by atoms with Crippen LogP contribution in [0.3, 0.4) is 0 Å². The Morgan fingerprint density at radius 1 is 0.952 bits per heavy atom. The molecule has 0 radical (unpaired) electrons. The summed E-state index contributed by atoms with van der Waals surface area (Å²) in [5, 5.41) is 9.21. The molecule has 1 aromatic carbocycles. The van der Waals surface area contributed by atoms with Crippen molar-refractivity contribution in [2.75, 3.05) is 31.1 Å². The van der Waals surface area contributed by atoms with E-state index in [9.17, 15) is 0 Å². The van der Waals surface area contributed by atoms with Crippen LogP contribution < -0.4 is 4.90 Å². The van der Waals surface area contributed by atoms with Crippen LogP contribution in [0.4, 0.5) is 5.69 Å². The maximum Gasteiger partial charge on any atom is 0.151 e. The number of aromatic nitrogens is 2. The highest BCUT2D eigenvalue weighted by Crippen LogP contribution is 2.21. The van der Waals surface area contributed by atoms with E-state index < -0.39 is 0 Å². The fraction of sp³-hybridized carbons (Fsp3) is 0.333. The van der Waals surface area contributed by atoms with E-state index in [-0.39, 0.29) is 0 Å². The van der Waals surface area contributed by atoms with Crippen molar-refractivity contribution in [3.8, 4) is 0 Å². The second-order valence-corrected chi connectivity index (χ2v) is 5.91. The number of anilines is 1. The summed E-state index contributed by atoms with van der Waals surface area (Å²) in [5.74, 6) is 0. The van der Waals surface area contributed by atoms with Gasteiger partial charge in [0.15, 0.2) is 5.15 Å². The number of piperazine rings is 1. The summed E-state index contributed by atoms with van der Waals surface area (Å²) in [5.41, 5.74) is 2.14. The molecule has 0 aliphatic carbocycles. The van der Waals surface area contributed by atoms with Gasteiger partial charge in [0.25, 0.3) is 0 Å². The smallest absolute Gasteiger partial charge is 0.151 e. The fourth-order valence-corrected chi connectivity index (χ4v) is 2.78. The van der Waals surface area contributed by atoms with Gasteiger partial charge in [-0.3, -0.25) is 4.90 Å². The van der Waals surface area contributed by atoms with Gasteiger partial charge in [-0.2, -0.15) is 5.10 Å². The summed E-state index contributed by atoms with van der Waals surface area (Å²) in [4.78, 5) is 4.73. The summed E-state index contributed by atoms with van der Waals surface area (Å²) < 4.78 is 0. The number of rotatable bonds is 3. The molecule has 1 aliphatic heterocycles. The van der Waals surface area contributed by atoms with E-state index in [2.05, 4.69) is 26.1 Å². The monoisotopic (exact) mass is 322 g/mol. The van der Waals surface area contributed by atoms with Crippen molar-refractivity contribution in [1.82, 2.24) is 15.1 Å². The minimum absolute atomic E-state index is 0.435. The summed E-state index contributed by atoms with van der Waals surface area (Å²) >= 11 is 11.8. The van der Waals surface area contributed by atoms with Crippen LogP contribution in [0.5, 0.6) is 0 Å². The Labute approximate surface area is 134 Å². The molecule has 1 fully saturated rings. The highest BCUT2D eigenvalue weighted by Gasteiger charge is 2.17. The fourth-order valence-electron chi connectivity index (χ4n) is 2.49. The molecule has 1 aromatic heterocycles. The van der Waals surface area contributed by atoms with Crippen molar-refractivity contribution in [1.29, 1.82) is 0 Å². The van der Waals surface area contributed by atoms with Gasteiger partial charge in [0.1, 0.15) is 0 Å². The lowest BCUT2D eigenvalue weighted by Gasteiger charge is -2.35. The highest BCUT2D eigenvalue weighted by atomic mass is 35.5. The molecule has 2 aromatic rings. The zero-order valence-corrected chi connectivity index (χ0v) is 13.1. The topological polar surface area (TPSA) is 32.3 Å². The molecule has 1 aliphatic rings. The largest absolute Gasteiger partial charge is 0.369 e. The van der Waals surface area contributed by atoms with Crippen molar-refractivity contribution >= 4 is 28.9 Å². The summed E-state index contributed by atoms with van der Waals surface area (Å²) in [6, 6.07) is 11.7. The van der Waals surface area contributed by atoms with Crippen LogP contribution in [-0.4, -0.2) is 41.3 Å². The minimum Gasteiger partial charge on any atom is -0.369 e. The number of hydrogen-bond acceptors (Lipinski definition) is 4. The van der Waals surface area contributed by atoms with Gasteiger partial charge in [0.05, 0.1) is 5.69 Å². The minimum atomic E-state index is 0.435. The van der Waals surface area contributed by atoms with Gasteiger partial charge in [-0.15, -0.1) is 5.10 Å². The maximum atomic E-state index is 6.05. The molecule has 2 heterocycles. The second kappa shape index (κ2) is 6.60. The Balaban J connectivity index is 1.56. The predicted molar refractivity (Wildman–Crippen MR) is 86.0 cm³/mol. The van der Waals surface area contributed by atoms with Crippen molar-refractivity contribution in [3.63, 3.8) is 0 Å². The third kappa shape index (κ3) is 3.84. The quantitative estimate of drug-likeness (QED) is 0.869. The Morgan fingerprint density at radius 3 is 2.43 bits per heavy atom. The number of hydrogen-bond donors (Lipinski definition) is 0. The molecule has 0 spiro atoms. The van der Waals surface area contributed by atoms with Gasteiger partial charge < -0.3 is 4.90 Å². The third-order valence-corrected chi connectivity index (χ3v) is 4.06. The van der Waals surface area contributed by atoms with E-state index >= 15 is 0 Å². The third-order valence-electron chi connectivity index (χ3n) is 3.62. The molecule has 0 unspecified atom stereocenters.